The van der Waals surface area contributed by atoms with Crippen LogP contribution in [0.1, 0.15) is 41.6 Å². The van der Waals surface area contributed by atoms with Gasteiger partial charge in [-0.3, -0.25) is 9.59 Å². The fourth-order valence-electron chi connectivity index (χ4n) is 3.48. The van der Waals surface area contributed by atoms with Crippen molar-refractivity contribution in [1.29, 1.82) is 0 Å². The number of carbonyl (C=O) groups excluding carboxylic acids is 2. The van der Waals surface area contributed by atoms with Gasteiger partial charge in [0.05, 0.1) is 0 Å². The summed E-state index contributed by atoms with van der Waals surface area (Å²) < 4.78 is 0. The molecule has 5 nitrogen and oxygen atoms in total. The molecule has 2 aromatic carbocycles. The number of nitrogens with two attached hydrogens (primary N) is 1. The third kappa shape index (κ3) is 5.66. The van der Waals surface area contributed by atoms with Crippen LogP contribution in [0.3, 0.4) is 0 Å². The molecule has 27 heavy (non-hydrogen) atoms. The van der Waals surface area contributed by atoms with Crippen molar-refractivity contribution in [3.05, 3.63) is 65.7 Å². The Morgan fingerprint density at radius 1 is 1.00 bits per heavy atom. The molecule has 0 heterocycles. The molecule has 4 N–H and O–H groups in total. The maximum atomic E-state index is 12.4. The molecule has 2 amide bonds. The van der Waals surface area contributed by atoms with E-state index >= 15 is 0 Å². The highest BCUT2D eigenvalue weighted by atomic mass is 16.2. The summed E-state index contributed by atoms with van der Waals surface area (Å²) in [5, 5.41) is 5.86. The van der Waals surface area contributed by atoms with Crippen molar-refractivity contribution in [3.8, 4) is 0 Å². The Kier molecular flexibility index (Phi) is 6.60. The molecule has 0 radical (unpaired) electrons. The Hall–Kier alpha value is -2.66. The largest absolute Gasteiger partial charge is 0.352 e. The molecular formula is C22H27N3O2. The third-order valence-electron chi connectivity index (χ3n) is 5.04. The lowest BCUT2D eigenvalue weighted by Gasteiger charge is -2.25. The lowest BCUT2D eigenvalue weighted by Crippen LogP contribution is -2.34. The number of rotatable bonds is 6. The molecule has 5 heteroatoms. The topological polar surface area (TPSA) is 84.2 Å². The molecule has 0 saturated heterocycles. The van der Waals surface area contributed by atoms with Crippen LogP contribution < -0.4 is 16.4 Å². The first-order valence-corrected chi connectivity index (χ1v) is 9.60. The number of carbonyl (C=O) groups is 2. The number of nitrogens with one attached hydrogen (secondary N) is 2. The van der Waals surface area contributed by atoms with Crippen molar-refractivity contribution in [1.82, 2.24) is 5.32 Å². The zero-order chi connectivity index (χ0) is 19.1. The molecule has 2 aromatic rings. The van der Waals surface area contributed by atoms with Crippen LogP contribution in [-0.4, -0.2) is 24.4 Å². The molecular weight excluding hydrogens is 338 g/mol. The van der Waals surface area contributed by atoms with Gasteiger partial charge in [-0.2, -0.15) is 0 Å². The summed E-state index contributed by atoms with van der Waals surface area (Å²) in [6.45, 7) is 0.587. The van der Waals surface area contributed by atoms with Crippen LogP contribution in [0.4, 0.5) is 5.69 Å². The molecule has 0 aromatic heterocycles. The highest BCUT2D eigenvalue weighted by Crippen LogP contribution is 2.24. The normalized spacial score (nSPS) is 19.3. The lowest BCUT2D eigenvalue weighted by molar-refractivity contribution is -0.120. The first-order valence-electron chi connectivity index (χ1n) is 9.60. The average molecular weight is 365 g/mol. The van der Waals surface area contributed by atoms with E-state index in [4.69, 9.17) is 5.73 Å². The maximum Gasteiger partial charge on any atom is 0.251 e. The van der Waals surface area contributed by atoms with Gasteiger partial charge < -0.3 is 16.4 Å². The summed E-state index contributed by atoms with van der Waals surface area (Å²) >= 11 is 0. The van der Waals surface area contributed by atoms with Crippen LogP contribution in [0.5, 0.6) is 0 Å². The van der Waals surface area contributed by atoms with Crippen molar-refractivity contribution < 1.29 is 9.59 Å². The monoisotopic (exact) mass is 365 g/mol. The SMILES string of the molecule is NC1CCCC(C(=O)Nc2ccc(C(=O)NCCc3ccccc3)cc2)C1. The minimum absolute atomic E-state index is 0.0187. The van der Waals surface area contributed by atoms with Crippen molar-refractivity contribution in [2.24, 2.45) is 11.7 Å². The van der Waals surface area contributed by atoms with E-state index in [9.17, 15) is 9.59 Å². The number of anilines is 1. The maximum absolute atomic E-state index is 12.4. The van der Waals surface area contributed by atoms with Gasteiger partial charge in [-0.15, -0.1) is 0 Å². The van der Waals surface area contributed by atoms with Gasteiger partial charge >= 0.3 is 0 Å². The standard InChI is InChI=1S/C22H27N3O2/c23-19-8-4-7-18(15-19)22(27)25-20-11-9-17(10-12-20)21(26)24-14-13-16-5-2-1-3-6-16/h1-3,5-6,9-12,18-19H,4,7-8,13-15,23H2,(H,24,26)(H,25,27). The summed E-state index contributed by atoms with van der Waals surface area (Å²) in [7, 11) is 0. The summed E-state index contributed by atoms with van der Waals surface area (Å²) in [5.41, 5.74) is 8.45. The molecule has 1 aliphatic carbocycles. The van der Waals surface area contributed by atoms with Gasteiger partial charge in [0.15, 0.2) is 0 Å². The van der Waals surface area contributed by atoms with E-state index in [0.29, 0.717) is 17.8 Å². The Balaban J connectivity index is 1.47. The number of hydrogen-bond donors (Lipinski definition) is 3. The minimum atomic E-state index is -0.109. The number of amides is 2. The average Bonchev–Trinajstić information content (AvgIpc) is 2.69. The van der Waals surface area contributed by atoms with E-state index in [1.54, 1.807) is 24.3 Å². The van der Waals surface area contributed by atoms with Crippen molar-refractivity contribution in [2.75, 3.05) is 11.9 Å². The molecule has 0 aliphatic heterocycles. The molecule has 1 fully saturated rings. The van der Waals surface area contributed by atoms with Gasteiger partial charge in [-0.25, -0.2) is 0 Å². The summed E-state index contributed by atoms with van der Waals surface area (Å²) in [6, 6.07) is 17.2. The van der Waals surface area contributed by atoms with E-state index in [1.165, 1.54) is 5.56 Å². The zero-order valence-electron chi connectivity index (χ0n) is 15.5. The number of hydrogen-bond acceptors (Lipinski definition) is 3. The molecule has 2 atom stereocenters. The van der Waals surface area contributed by atoms with Crippen LogP contribution in [-0.2, 0) is 11.2 Å². The first kappa shape index (κ1) is 19.1. The highest BCUT2D eigenvalue weighted by molar-refractivity contribution is 5.96. The van der Waals surface area contributed by atoms with E-state index in [-0.39, 0.29) is 23.8 Å². The van der Waals surface area contributed by atoms with Crippen molar-refractivity contribution in [2.45, 2.75) is 38.1 Å². The van der Waals surface area contributed by atoms with Crippen LogP contribution >= 0.6 is 0 Å². The summed E-state index contributed by atoms with van der Waals surface area (Å²) in [5.74, 6) is -0.109. The van der Waals surface area contributed by atoms with Gasteiger partial charge in [0, 0.05) is 29.8 Å². The number of benzene rings is 2. The Labute approximate surface area is 160 Å². The fraction of sp³-hybridized carbons (Fsp3) is 0.364. The summed E-state index contributed by atoms with van der Waals surface area (Å²) in [4.78, 5) is 24.6. The predicted molar refractivity (Wildman–Crippen MR) is 107 cm³/mol. The van der Waals surface area contributed by atoms with Gasteiger partial charge in [-0.1, -0.05) is 36.8 Å². The second kappa shape index (κ2) is 9.33. The van der Waals surface area contributed by atoms with Gasteiger partial charge in [0.25, 0.3) is 5.91 Å². The van der Waals surface area contributed by atoms with Crippen LogP contribution in [0, 0.1) is 5.92 Å². The zero-order valence-corrected chi connectivity index (χ0v) is 15.5. The predicted octanol–water partition coefficient (Wildman–Crippen LogP) is 3.12. The van der Waals surface area contributed by atoms with E-state index in [1.807, 2.05) is 30.3 Å². The Bertz CT molecular complexity index is 759. The molecule has 2 unspecified atom stereocenters. The van der Waals surface area contributed by atoms with Crippen molar-refractivity contribution in [3.63, 3.8) is 0 Å². The smallest absolute Gasteiger partial charge is 0.251 e. The molecule has 3 rings (SSSR count). The third-order valence-corrected chi connectivity index (χ3v) is 5.04. The minimum Gasteiger partial charge on any atom is -0.352 e. The Morgan fingerprint density at radius 2 is 1.74 bits per heavy atom. The fourth-order valence-corrected chi connectivity index (χ4v) is 3.48. The van der Waals surface area contributed by atoms with Gasteiger partial charge in [-0.05, 0) is 55.5 Å². The lowest BCUT2D eigenvalue weighted by atomic mass is 9.85. The molecule has 142 valence electrons. The second-order valence-electron chi connectivity index (χ2n) is 7.18. The van der Waals surface area contributed by atoms with Gasteiger partial charge in [0.2, 0.25) is 5.91 Å². The van der Waals surface area contributed by atoms with E-state index < -0.39 is 0 Å². The Morgan fingerprint density at radius 3 is 2.44 bits per heavy atom. The van der Waals surface area contributed by atoms with Crippen LogP contribution in [0.15, 0.2) is 54.6 Å². The van der Waals surface area contributed by atoms with Crippen LogP contribution in [0.25, 0.3) is 0 Å². The van der Waals surface area contributed by atoms with Crippen molar-refractivity contribution >= 4 is 17.5 Å². The first-order chi connectivity index (χ1) is 13.1. The summed E-state index contributed by atoms with van der Waals surface area (Å²) in [6.07, 6.45) is 4.43. The van der Waals surface area contributed by atoms with Crippen LogP contribution in [0.2, 0.25) is 0 Å². The second-order valence-corrected chi connectivity index (χ2v) is 7.18. The van der Waals surface area contributed by atoms with E-state index in [0.717, 1.165) is 32.1 Å². The molecule has 1 saturated carbocycles. The van der Waals surface area contributed by atoms with E-state index in [2.05, 4.69) is 10.6 Å². The molecule has 0 bridgehead atoms. The molecule has 0 spiro atoms. The van der Waals surface area contributed by atoms with Gasteiger partial charge in [0.1, 0.15) is 0 Å². The quantitative estimate of drug-likeness (QED) is 0.735. The molecule has 1 aliphatic rings. The highest BCUT2D eigenvalue weighted by Gasteiger charge is 2.25.